The number of fused-ring (bicyclic) bond motifs is 1. The van der Waals surface area contributed by atoms with E-state index in [0.717, 1.165) is 11.0 Å². The molecule has 0 unspecified atom stereocenters. The normalized spacial score (nSPS) is 10.8. The molecular formula is C8H6BrFN2. The van der Waals surface area contributed by atoms with Gasteiger partial charge in [0, 0.05) is 0 Å². The zero-order valence-electron chi connectivity index (χ0n) is 6.14. The average molecular weight is 229 g/mol. The highest BCUT2D eigenvalue weighted by molar-refractivity contribution is 9.10. The van der Waals surface area contributed by atoms with Crippen molar-refractivity contribution in [3.05, 3.63) is 28.5 Å². The summed E-state index contributed by atoms with van der Waals surface area (Å²) in [6, 6.07) is 5.29. The van der Waals surface area contributed by atoms with Gasteiger partial charge in [-0.05, 0) is 33.6 Å². The molecule has 12 heavy (non-hydrogen) atoms. The van der Waals surface area contributed by atoms with Crippen molar-refractivity contribution in [3.63, 3.8) is 0 Å². The van der Waals surface area contributed by atoms with Gasteiger partial charge in [0.25, 0.3) is 0 Å². The van der Waals surface area contributed by atoms with Crippen molar-refractivity contribution in [2.24, 2.45) is 0 Å². The molecule has 62 valence electrons. The van der Waals surface area contributed by atoms with E-state index >= 15 is 0 Å². The van der Waals surface area contributed by atoms with Gasteiger partial charge < -0.3 is 4.98 Å². The minimum absolute atomic E-state index is 0.438. The summed E-state index contributed by atoms with van der Waals surface area (Å²) in [5.41, 5.74) is 2.37. The Morgan fingerprint density at radius 1 is 1.50 bits per heavy atom. The molecule has 0 spiro atoms. The van der Waals surface area contributed by atoms with Crippen LogP contribution in [0.15, 0.2) is 22.9 Å². The first kappa shape index (κ1) is 7.73. The lowest BCUT2D eigenvalue weighted by atomic mass is 10.2. The summed E-state index contributed by atoms with van der Waals surface area (Å²) < 4.78 is 12.9. The maximum atomic E-state index is 12.2. The number of aromatic nitrogens is 2. The van der Waals surface area contributed by atoms with Gasteiger partial charge in [0.15, 0.2) is 4.73 Å². The molecule has 1 aromatic heterocycles. The lowest BCUT2D eigenvalue weighted by Crippen LogP contribution is -1.77. The van der Waals surface area contributed by atoms with Crippen molar-refractivity contribution in [1.29, 1.82) is 0 Å². The molecule has 0 radical (unpaired) electrons. The van der Waals surface area contributed by atoms with Crippen molar-refractivity contribution in [1.82, 2.24) is 9.97 Å². The highest BCUT2D eigenvalue weighted by atomic mass is 79.9. The number of hydrogen-bond donors (Lipinski definition) is 1. The van der Waals surface area contributed by atoms with Gasteiger partial charge in [0.05, 0.1) is 11.0 Å². The largest absolute Gasteiger partial charge is 0.332 e. The SMILES string of the molecule is FCc1ccc2nc(Br)[nH]c2c1. The van der Waals surface area contributed by atoms with Crippen LogP contribution in [0.4, 0.5) is 4.39 Å². The predicted molar refractivity (Wildman–Crippen MR) is 48.6 cm³/mol. The monoisotopic (exact) mass is 228 g/mol. The summed E-state index contributed by atoms with van der Waals surface area (Å²) in [5, 5.41) is 0. The Hall–Kier alpha value is -0.900. The highest BCUT2D eigenvalue weighted by Gasteiger charge is 2.00. The van der Waals surface area contributed by atoms with Crippen LogP contribution in [0.1, 0.15) is 5.56 Å². The number of nitrogens with zero attached hydrogens (tertiary/aromatic N) is 1. The Balaban J connectivity index is 2.66. The van der Waals surface area contributed by atoms with Crippen LogP contribution >= 0.6 is 15.9 Å². The summed E-state index contributed by atoms with van der Waals surface area (Å²) in [6.45, 7) is -0.438. The lowest BCUT2D eigenvalue weighted by molar-refractivity contribution is 0.485. The molecule has 2 nitrogen and oxygen atoms in total. The van der Waals surface area contributed by atoms with Crippen LogP contribution in [0, 0.1) is 0 Å². The molecule has 0 aliphatic rings. The number of rotatable bonds is 1. The molecule has 2 aromatic rings. The first-order valence-corrected chi connectivity index (χ1v) is 4.29. The Labute approximate surface area is 76.9 Å². The third-order valence-electron chi connectivity index (χ3n) is 1.67. The topological polar surface area (TPSA) is 28.7 Å². The molecule has 0 fully saturated rings. The first-order chi connectivity index (χ1) is 5.79. The average Bonchev–Trinajstić information content (AvgIpc) is 2.43. The Bertz CT molecular complexity index is 410. The highest BCUT2D eigenvalue weighted by Crippen LogP contribution is 2.16. The van der Waals surface area contributed by atoms with E-state index in [-0.39, 0.29) is 0 Å². The summed E-state index contributed by atoms with van der Waals surface area (Å²) in [4.78, 5) is 7.10. The fourth-order valence-corrected chi connectivity index (χ4v) is 1.51. The Morgan fingerprint density at radius 2 is 2.33 bits per heavy atom. The second-order valence-corrected chi connectivity index (χ2v) is 3.26. The molecule has 0 aliphatic carbocycles. The van der Waals surface area contributed by atoms with E-state index in [4.69, 9.17) is 0 Å². The van der Waals surface area contributed by atoms with Gasteiger partial charge in [0.1, 0.15) is 6.67 Å². The molecule has 0 aliphatic heterocycles. The maximum Gasteiger partial charge on any atom is 0.175 e. The van der Waals surface area contributed by atoms with E-state index in [1.54, 1.807) is 18.2 Å². The lowest BCUT2D eigenvalue weighted by Gasteiger charge is -1.91. The van der Waals surface area contributed by atoms with E-state index in [2.05, 4.69) is 25.9 Å². The number of halogens is 2. The predicted octanol–water partition coefficient (Wildman–Crippen LogP) is 2.79. The molecule has 4 heteroatoms. The molecule has 0 amide bonds. The number of H-pyrrole nitrogens is 1. The van der Waals surface area contributed by atoms with Gasteiger partial charge in [-0.25, -0.2) is 9.37 Å². The van der Waals surface area contributed by atoms with Crippen LogP contribution in [0.5, 0.6) is 0 Å². The summed E-state index contributed by atoms with van der Waals surface area (Å²) in [6.07, 6.45) is 0. The zero-order valence-corrected chi connectivity index (χ0v) is 7.73. The third-order valence-corrected chi connectivity index (χ3v) is 2.05. The second kappa shape index (κ2) is 2.86. The smallest absolute Gasteiger partial charge is 0.175 e. The quantitative estimate of drug-likeness (QED) is 0.800. The van der Waals surface area contributed by atoms with Crippen molar-refractivity contribution in [3.8, 4) is 0 Å². The molecule has 1 heterocycles. The summed E-state index contributed by atoms with van der Waals surface area (Å²) >= 11 is 3.21. The zero-order chi connectivity index (χ0) is 8.55. The van der Waals surface area contributed by atoms with Crippen LogP contribution in [0.25, 0.3) is 11.0 Å². The fraction of sp³-hybridized carbons (Fsp3) is 0.125. The van der Waals surface area contributed by atoms with Crippen LogP contribution in [0.2, 0.25) is 0 Å². The summed E-state index contributed by atoms with van der Waals surface area (Å²) in [7, 11) is 0. The van der Waals surface area contributed by atoms with Crippen LogP contribution in [-0.2, 0) is 6.67 Å². The van der Waals surface area contributed by atoms with E-state index in [1.165, 1.54) is 0 Å². The first-order valence-electron chi connectivity index (χ1n) is 3.50. The number of imidazole rings is 1. The number of alkyl halides is 1. The minimum Gasteiger partial charge on any atom is -0.332 e. The number of hydrogen-bond acceptors (Lipinski definition) is 1. The number of aromatic amines is 1. The van der Waals surface area contributed by atoms with Gasteiger partial charge in [-0.2, -0.15) is 0 Å². The van der Waals surface area contributed by atoms with E-state index in [0.29, 0.717) is 10.3 Å². The van der Waals surface area contributed by atoms with Crippen molar-refractivity contribution < 1.29 is 4.39 Å². The van der Waals surface area contributed by atoms with Gasteiger partial charge in [-0.3, -0.25) is 0 Å². The van der Waals surface area contributed by atoms with Crippen LogP contribution < -0.4 is 0 Å². The van der Waals surface area contributed by atoms with E-state index in [1.807, 2.05) is 0 Å². The fourth-order valence-electron chi connectivity index (χ4n) is 1.11. The molecule has 0 bridgehead atoms. The molecule has 0 saturated carbocycles. The van der Waals surface area contributed by atoms with Gasteiger partial charge in [-0.1, -0.05) is 6.07 Å². The van der Waals surface area contributed by atoms with Crippen LogP contribution in [-0.4, -0.2) is 9.97 Å². The molecule has 2 rings (SSSR count). The van der Waals surface area contributed by atoms with Crippen molar-refractivity contribution in [2.75, 3.05) is 0 Å². The Morgan fingerprint density at radius 3 is 3.08 bits per heavy atom. The molecule has 1 N–H and O–H groups in total. The third kappa shape index (κ3) is 1.22. The van der Waals surface area contributed by atoms with E-state index < -0.39 is 6.67 Å². The molecular weight excluding hydrogens is 223 g/mol. The standard InChI is InChI=1S/C8H6BrFN2/c9-8-11-6-2-1-5(4-10)3-7(6)12-8/h1-3H,4H2,(H,11,12). The summed E-state index contributed by atoms with van der Waals surface area (Å²) in [5.74, 6) is 0. The Kier molecular flexibility index (Phi) is 1.84. The van der Waals surface area contributed by atoms with Gasteiger partial charge >= 0.3 is 0 Å². The van der Waals surface area contributed by atoms with Gasteiger partial charge in [0.2, 0.25) is 0 Å². The molecule has 0 saturated heterocycles. The second-order valence-electron chi connectivity index (χ2n) is 2.51. The minimum atomic E-state index is -0.438. The molecule has 0 atom stereocenters. The molecule has 1 aromatic carbocycles. The van der Waals surface area contributed by atoms with Crippen LogP contribution in [0.3, 0.4) is 0 Å². The number of nitrogens with one attached hydrogen (secondary N) is 1. The number of benzene rings is 1. The van der Waals surface area contributed by atoms with Crippen molar-refractivity contribution in [2.45, 2.75) is 6.67 Å². The van der Waals surface area contributed by atoms with Crippen molar-refractivity contribution >= 4 is 27.0 Å². The maximum absolute atomic E-state index is 12.2. The van der Waals surface area contributed by atoms with E-state index in [9.17, 15) is 4.39 Å². The van der Waals surface area contributed by atoms with Gasteiger partial charge in [-0.15, -0.1) is 0 Å².